The van der Waals surface area contributed by atoms with Crippen LogP contribution in [0.3, 0.4) is 0 Å². The van der Waals surface area contributed by atoms with Gasteiger partial charge in [0.1, 0.15) is 0 Å². The van der Waals surface area contributed by atoms with Crippen molar-refractivity contribution in [2.24, 2.45) is 11.8 Å². The van der Waals surface area contributed by atoms with Crippen LogP contribution in [0.1, 0.15) is 26.2 Å². The van der Waals surface area contributed by atoms with E-state index in [1.807, 2.05) is 0 Å². The molecule has 0 aromatic heterocycles. The van der Waals surface area contributed by atoms with Crippen LogP contribution in [0.15, 0.2) is 0 Å². The van der Waals surface area contributed by atoms with E-state index in [0.29, 0.717) is 38.5 Å². The molecule has 7 nitrogen and oxygen atoms in total. The van der Waals surface area contributed by atoms with E-state index in [9.17, 15) is 13.2 Å². The first-order valence-electron chi connectivity index (χ1n) is 7.65. The molecule has 0 spiro atoms. The number of carbonyl (C=O) groups excluding carboxylic acids is 1. The number of hydrogen-bond donors (Lipinski definition) is 2. The molecule has 8 heteroatoms. The molecule has 2 atom stereocenters. The molecule has 0 aliphatic carbocycles. The third kappa shape index (κ3) is 4.64. The predicted octanol–water partition coefficient (Wildman–Crippen LogP) is -0.295. The molecule has 2 fully saturated rings. The largest absolute Gasteiger partial charge is 0.466 e. The summed E-state index contributed by atoms with van der Waals surface area (Å²) >= 11 is 0. The van der Waals surface area contributed by atoms with Crippen LogP contribution in [-0.4, -0.2) is 58.0 Å². The second-order valence-electron chi connectivity index (χ2n) is 5.66. The number of rotatable bonds is 6. The molecule has 2 aliphatic rings. The van der Waals surface area contributed by atoms with Gasteiger partial charge < -0.3 is 10.1 Å². The summed E-state index contributed by atoms with van der Waals surface area (Å²) in [6, 6.07) is 0. The first-order valence-corrected chi connectivity index (χ1v) is 9.09. The molecule has 21 heavy (non-hydrogen) atoms. The normalized spacial score (nSPS) is 27.7. The molecular weight excluding hydrogens is 294 g/mol. The second-order valence-corrected chi connectivity index (χ2v) is 7.42. The standard InChI is InChI=1S/C13H25N3O4S/c1-2-20-13(17)12-4-3-7-16(10-12)21(18,19)15-9-11-5-6-14-8-11/h11-12,14-15H,2-10H2,1H3. The van der Waals surface area contributed by atoms with Gasteiger partial charge in [-0.15, -0.1) is 0 Å². The average Bonchev–Trinajstić information content (AvgIpc) is 2.99. The van der Waals surface area contributed by atoms with Crippen molar-refractivity contribution in [2.45, 2.75) is 26.2 Å². The van der Waals surface area contributed by atoms with E-state index in [4.69, 9.17) is 4.74 Å². The average molecular weight is 319 g/mol. The van der Waals surface area contributed by atoms with Crippen molar-refractivity contribution in [2.75, 3.05) is 39.3 Å². The molecule has 122 valence electrons. The Morgan fingerprint density at radius 1 is 1.43 bits per heavy atom. The summed E-state index contributed by atoms with van der Waals surface area (Å²) in [6.45, 7) is 5.03. The Morgan fingerprint density at radius 2 is 2.24 bits per heavy atom. The predicted molar refractivity (Wildman–Crippen MR) is 78.8 cm³/mol. The number of nitrogens with one attached hydrogen (secondary N) is 2. The van der Waals surface area contributed by atoms with Crippen LogP contribution in [0, 0.1) is 11.8 Å². The van der Waals surface area contributed by atoms with E-state index in [2.05, 4.69) is 10.0 Å². The molecular formula is C13H25N3O4S. The van der Waals surface area contributed by atoms with Crippen LogP contribution in [0.5, 0.6) is 0 Å². The lowest BCUT2D eigenvalue weighted by molar-refractivity contribution is -0.149. The molecule has 2 aliphatic heterocycles. The van der Waals surface area contributed by atoms with Crippen LogP contribution in [-0.2, 0) is 19.7 Å². The molecule has 2 heterocycles. The molecule has 0 saturated carbocycles. The van der Waals surface area contributed by atoms with Gasteiger partial charge in [0.05, 0.1) is 12.5 Å². The van der Waals surface area contributed by atoms with E-state index in [1.54, 1.807) is 6.92 Å². The zero-order valence-corrected chi connectivity index (χ0v) is 13.3. The van der Waals surface area contributed by atoms with E-state index in [0.717, 1.165) is 19.5 Å². The van der Waals surface area contributed by atoms with Crippen LogP contribution in [0.2, 0.25) is 0 Å². The van der Waals surface area contributed by atoms with Gasteiger partial charge in [0.15, 0.2) is 0 Å². The monoisotopic (exact) mass is 319 g/mol. The maximum Gasteiger partial charge on any atom is 0.310 e. The van der Waals surface area contributed by atoms with Crippen molar-refractivity contribution in [3.8, 4) is 0 Å². The summed E-state index contributed by atoms with van der Waals surface area (Å²) in [5, 5.41) is 3.21. The van der Waals surface area contributed by atoms with Crippen molar-refractivity contribution in [3.63, 3.8) is 0 Å². The number of esters is 1. The molecule has 0 amide bonds. The lowest BCUT2D eigenvalue weighted by Crippen LogP contribution is -2.48. The molecule has 2 unspecified atom stereocenters. The van der Waals surface area contributed by atoms with E-state index >= 15 is 0 Å². The van der Waals surface area contributed by atoms with Crippen molar-refractivity contribution in [1.82, 2.24) is 14.3 Å². The highest BCUT2D eigenvalue weighted by molar-refractivity contribution is 7.87. The molecule has 0 radical (unpaired) electrons. The Balaban J connectivity index is 1.87. The quantitative estimate of drug-likeness (QED) is 0.657. The summed E-state index contributed by atoms with van der Waals surface area (Å²) in [7, 11) is -3.50. The number of piperidine rings is 1. The fourth-order valence-electron chi connectivity index (χ4n) is 2.82. The SMILES string of the molecule is CCOC(=O)C1CCCN(S(=O)(=O)NCC2CCNC2)C1. The van der Waals surface area contributed by atoms with Crippen molar-refractivity contribution >= 4 is 16.2 Å². The van der Waals surface area contributed by atoms with Crippen molar-refractivity contribution in [1.29, 1.82) is 0 Å². The highest BCUT2D eigenvalue weighted by Gasteiger charge is 2.33. The van der Waals surface area contributed by atoms with Gasteiger partial charge in [-0.1, -0.05) is 0 Å². The van der Waals surface area contributed by atoms with E-state index in [1.165, 1.54) is 4.31 Å². The molecule has 2 rings (SSSR count). The third-order valence-corrected chi connectivity index (χ3v) is 5.60. The van der Waals surface area contributed by atoms with Gasteiger partial charge in [0, 0.05) is 19.6 Å². The lowest BCUT2D eigenvalue weighted by atomic mass is 10.0. The fourth-order valence-corrected chi connectivity index (χ4v) is 4.19. The number of ether oxygens (including phenoxy) is 1. The summed E-state index contributed by atoms with van der Waals surface area (Å²) < 4.78 is 33.7. The van der Waals surface area contributed by atoms with E-state index in [-0.39, 0.29) is 18.4 Å². The first kappa shape index (κ1) is 16.7. The maximum atomic E-state index is 12.3. The Bertz CT molecular complexity index is 448. The molecule has 2 N–H and O–H groups in total. The Morgan fingerprint density at radius 3 is 2.90 bits per heavy atom. The van der Waals surface area contributed by atoms with Crippen LogP contribution in [0.4, 0.5) is 0 Å². The maximum absolute atomic E-state index is 12.3. The summed E-state index contributed by atoms with van der Waals surface area (Å²) in [5.74, 6) is -0.286. The molecule has 0 aromatic carbocycles. The van der Waals surface area contributed by atoms with Gasteiger partial charge >= 0.3 is 5.97 Å². The Labute approximate surface area is 126 Å². The van der Waals surface area contributed by atoms with Crippen molar-refractivity contribution in [3.05, 3.63) is 0 Å². The van der Waals surface area contributed by atoms with E-state index < -0.39 is 10.2 Å². The summed E-state index contributed by atoms with van der Waals surface area (Å²) in [5.41, 5.74) is 0. The van der Waals surface area contributed by atoms with Gasteiger partial charge in [-0.2, -0.15) is 12.7 Å². The van der Waals surface area contributed by atoms with Crippen molar-refractivity contribution < 1.29 is 17.9 Å². The topological polar surface area (TPSA) is 87.7 Å². The van der Waals surface area contributed by atoms with Gasteiger partial charge in [0.25, 0.3) is 10.2 Å². The zero-order valence-electron chi connectivity index (χ0n) is 12.5. The van der Waals surface area contributed by atoms with Crippen LogP contribution >= 0.6 is 0 Å². The highest BCUT2D eigenvalue weighted by Crippen LogP contribution is 2.20. The Hall–Kier alpha value is -0.700. The van der Waals surface area contributed by atoms with Crippen LogP contribution < -0.4 is 10.0 Å². The summed E-state index contributed by atoms with van der Waals surface area (Å²) in [6.07, 6.45) is 2.38. The summed E-state index contributed by atoms with van der Waals surface area (Å²) in [4.78, 5) is 11.8. The third-order valence-electron chi connectivity index (χ3n) is 4.06. The fraction of sp³-hybridized carbons (Fsp3) is 0.923. The highest BCUT2D eigenvalue weighted by atomic mass is 32.2. The number of nitrogens with zero attached hydrogens (tertiary/aromatic N) is 1. The molecule has 0 bridgehead atoms. The van der Waals surface area contributed by atoms with Gasteiger partial charge in [-0.05, 0) is 45.2 Å². The Kier molecular flexibility index (Phi) is 5.98. The molecule has 0 aromatic rings. The number of hydrogen-bond acceptors (Lipinski definition) is 5. The second kappa shape index (κ2) is 7.53. The van der Waals surface area contributed by atoms with Gasteiger partial charge in [-0.25, -0.2) is 4.72 Å². The minimum Gasteiger partial charge on any atom is -0.466 e. The van der Waals surface area contributed by atoms with Crippen LogP contribution in [0.25, 0.3) is 0 Å². The van der Waals surface area contributed by atoms with Gasteiger partial charge in [0.2, 0.25) is 0 Å². The zero-order chi connectivity index (χ0) is 15.3. The molecule has 2 saturated heterocycles. The minimum absolute atomic E-state index is 0.219. The first-order chi connectivity index (χ1) is 10.0. The van der Waals surface area contributed by atoms with Gasteiger partial charge in [-0.3, -0.25) is 4.79 Å². The lowest BCUT2D eigenvalue weighted by Gasteiger charge is -2.30. The smallest absolute Gasteiger partial charge is 0.310 e. The number of carbonyl (C=O) groups is 1. The minimum atomic E-state index is -3.50.